The van der Waals surface area contributed by atoms with Gasteiger partial charge in [0.25, 0.3) is 0 Å². The lowest BCUT2D eigenvalue weighted by atomic mass is 10.1. The zero-order valence-electron chi connectivity index (χ0n) is 10.9. The monoisotopic (exact) mass is 254 g/mol. The van der Waals surface area contributed by atoms with Crippen LogP contribution < -0.4 is 10.6 Å². The van der Waals surface area contributed by atoms with E-state index in [1.54, 1.807) is 0 Å². The largest absolute Gasteiger partial charge is 0.320 e. The molecule has 0 bridgehead atoms. The topological polar surface area (TPSA) is 64.7 Å². The van der Waals surface area contributed by atoms with Crippen molar-refractivity contribution in [2.45, 2.75) is 18.9 Å². The van der Waals surface area contributed by atoms with E-state index in [9.17, 15) is 9.59 Å². The molecule has 6 heteroatoms. The number of nitrogens with zero attached hydrogens (tertiary/aromatic N) is 2. The number of amides is 2. The van der Waals surface area contributed by atoms with Gasteiger partial charge in [-0.05, 0) is 26.6 Å². The molecule has 0 spiro atoms. The quantitative estimate of drug-likeness (QED) is 0.468. The first-order valence-corrected chi connectivity index (χ1v) is 6.65. The van der Waals surface area contributed by atoms with E-state index in [0.29, 0.717) is 6.42 Å². The van der Waals surface area contributed by atoms with Crippen LogP contribution in [0.5, 0.6) is 0 Å². The molecule has 102 valence electrons. The average molecular weight is 254 g/mol. The highest BCUT2D eigenvalue weighted by Crippen LogP contribution is 2.13. The molecular formula is C12H22N4O2. The zero-order valence-corrected chi connectivity index (χ0v) is 10.9. The molecule has 2 fully saturated rings. The van der Waals surface area contributed by atoms with E-state index >= 15 is 0 Å². The molecule has 0 saturated carbocycles. The van der Waals surface area contributed by atoms with E-state index in [2.05, 4.69) is 20.4 Å². The predicted octanol–water partition coefficient (Wildman–Crippen LogP) is -1.37. The first-order valence-electron chi connectivity index (χ1n) is 6.65. The van der Waals surface area contributed by atoms with Gasteiger partial charge in [0, 0.05) is 26.2 Å². The van der Waals surface area contributed by atoms with Crippen molar-refractivity contribution < 1.29 is 9.59 Å². The van der Waals surface area contributed by atoms with Crippen molar-refractivity contribution in [3.8, 4) is 0 Å². The molecule has 2 heterocycles. The summed E-state index contributed by atoms with van der Waals surface area (Å²) in [7, 11) is 1.97. The molecule has 1 unspecified atom stereocenters. The van der Waals surface area contributed by atoms with E-state index in [0.717, 1.165) is 45.7 Å². The molecule has 2 aliphatic heterocycles. The molecule has 2 aliphatic rings. The number of rotatable bonds is 5. The number of carbonyl (C=O) groups excluding carboxylic acids is 2. The lowest BCUT2D eigenvalue weighted by molar-refractivity contribution is -0.126. The second kappa shape index (κ2) is 6.26. The van der Waals surface area contributed by atoms with Gasteiger partial charge in [0.15, 0.2) is 0 Å². The zero-order chi connectivity index (χ0) is 13.0. The van der Waals surface area contributed by atoms with Crippen molar-refractivity contribution in [1.29, 1.82) is 0 Å². The maximum atomic E-state index is 11.6. The summed E-state index contributed by atoms with van der Waals surface area (Å²) < 4.78 is 0. The van der Waals surface area contributed by atoms with Gasteiger partial charge in [-0.3, -0.25) is 19.8 Å². The van der Waals surface area contributed by atoms with Crippen LogP contribution in [-0.2, 0) is 9.59 Å². The van der Waals surface area contributed by atoms with E-state index in [4.69, 9.17) is 0 Å². The Morgan fingerprint density at radius 2 is 2.00 bits per heavy atom. The van der Waals surface area contributed by atoms with Gasteiger partial charge in [-0.2, -0.15) is 0 Å². The van der Waals surface area contributed by atoms with E-state index in [1.165, 1.54) is 0 Å². The summed E-state index contributed by atoms with van der Waals surface area (Å²) >= 11 is 0. The molecule has 0 aromatic heterocycles. The third-order valence-electron chi connectivity index (χ3n) is 3.69. The van der Waals surface area contributed by atoms with E-state index in [-0.39, 0.29) is 17.9 Å². The molecule has 0 aromatic rings. The molecule has 6 nitrogen and oxygen atoms in total. The Labute approximate surface area is 108 Å². The van der Waals surface area contributed by atoms with Crippen molar-refractivity contribution in [2.24, 2.45) is 0 Å². The number of piperazine rings is 1. The van der Waals surface area contributed by atoms with Crippen molar-refractivity contribution in [3.63, 3.8) is 0 Å². The molecule has 2 amide bonds. The predicted molar refractivity (Wildman–Crippen MR) is 68.1 cm³/mol. The fourth-order valence-electron chi connectivity index (χ4n) is 2.61. The first kappa shape index (κ1) is 13.5. The average Bonchev–Trinajstić information content (AvgIpc) is 2.70. The molecule has 0 aliphatic carbocycles. The molecule has 2 rings (SSSR count). The van der Waals surface area contributed by atoms with E-state index < -0.39 is 0 Å². The molecule has 0 aromatic carbocycles. The first-order chi connectivity index (χ1) is 8.70. The summed E-state index contributed by atoms with van der Waals surface area (Å²) in [5, 5.41) is 5.52. The third-order valence-corrected chi connectivity index (χ3v) is 3.69. The standard InChI is InChI=1S/C12H22N4O2/c1-13-3-2-4-15-5-7-16(8-6-15)10-9-11(17)14-12(10)18/h10,13H,2-9H2,1H3,(H,14,17,18). The summed E-state index contributed by atoms with van der Waals surface area (Å²) in [6, 6.07) is -0.225. The SMILES string of the molecule is CNCCCN1CCN(C2CC(=O)NC2=O)CC1. The Balaban J connectivity index is 1.73. The Morgan fingerprint density at radius 3 is 2.56 bits per heavy atom. The second-order valence-corrected chi connectivity index (χ2v) is 4.97. The summed E-state index contributed by atoms with van der Waals surface area (Å²) in [4.78, 5) is 27.3. The minimum atomic E-state index is -0.225. The van der Waals surface area contributed by atoms with Gasteiger partial charge in [0.2, 0.25) is 11.8 Å². The Hall–Kier alpha value is -0.980. The van der Waals surface area contributed by atoms with Crippen LogP contribution >= 0.6 is 0 Å². The van der Waals surface area contributed by atoms with Crippen LogP contribution in [-0.4, -0.2) is 74.0 Å². The summed E-state index contributed by atoms with van der Waals surface area (Å²) in [5.74, 6) is -0.259. The maximum absolute atomic E-state index is 11.6. The Bertz CT molecular complexity index is 313. The van der Waals surface area contributed by atoms with Crippen molar-refractivity contribution >= 4 is 11.8 Å². The van der Waals surface area contributed by atoms with Crippen LogP contribution in [0.4, 0.5) is 0 Å². The highest BCUT2D eigenvalue weighted by molar-refractivity contribution is 6.05. The number of hydrogen-bond donors (Lipinski definition) is 2. The fraction of sp³-hybridized carbons (Fsp3) is 0.833. The van der Waals surface area contributed by atoms with Gasteiger partial charge in [0.1, 0.15) is 0 Å². The van der Waals surface area contributed by atoms with Crippen LogP contribution in [0, 0.1) is 0 Å². The van der Waals surface area contributed by atoms with Gasteiger partial charge < -0.3 is 10.2 Å². The van der Waals surface area contributed by atoms with Crippen LogP contribution in [0.25, 0.3) is 0 Å². The summed E-state index contributed by atoms with van der Waals surface area (Å²) in [6.45, 7) is 5.88. The lowest BCUT2D eigenvalue weighted by Crippen LogP contribution is -2.52. The van der Waals surface area contributed by atoms with Crippen LogP contribution in [0.15, 0.2) is 0 Å². The third kappa shape index (κ3) is 3.28. The molecule has 1 atom stereocenters. The Morgan fingerprint density at radius 1 is 1.28 bits per heavy atom. The normalized spacial score (nSPS) is 26.6. The van der Waals surface area contributed by atoms with Crippen LogP contribution in [0.1, 0.15) is 12.8 Å². The van der Waals surface area contributed by atoms with E-state index in [1.807, 2.05) is 7.05 Å². The molecule has 18 heavy (non-hydrogen) atoms. The minimum absolute atomic E-state index is 0.122. The molecule has 0 radical (unpaired) electrons. The lowest BCUT2D eigenvalue weighted by Gasteiger charge is -2.36. The second-order valence-electron chi connectivity index (χ2n) is 4.97. The van der Waals surface area contributed by atoms with Crippen molar-refractivity contribution in [1.82, 2.24) is 20.4 Å². The van der Waals surface area contributed by atoms with Gasteiger partial charge >= 0.3 is 0 Å². The van der Waals surface area contributed by atoms with Crippen molar-refractivity contribution in [2.75, 3.05) is 46.3 Å². The fourth-order valence-corrected chi connectivity index (χ4v) is 2.61. The highest BCUT2D eigenvalue weighted by Gasteiger charge is 2.36. The van der Waals surface area contributed by atoms with Crippen LogP contribution in [0.2, 0.25) is 0 Å². The summed E-state index contributed by atoms with van der Waals surface area (Å²) in [5.41, 5.74) is 0. The van der Waals surface area contributed by atoms with Crippen LogP contribution in [0.3, 0.4) is 0 Å². The minimum Gasteiger partial charge on any atom is -0.320 e. The number of carbonyl (C=O) groups is 2. The Kier molecular flexibility index (Phi) is 4.68. The number of nitrogens with one attached hydrogen (secondary N) is 2. The maximum Gasteiger partial charge on any atom is 0.244 e. The van der Waals surface area contributed by atoms with Gasteiger partial charge in [-0.15, -0.1) is 0 Å². The summed E-state index contributed by atoms with van der Waals surface area (Å²) in [6.07, 6.45) is 1.48. The number of imide groups is 1. The highest BCUT2D eigenvalue weighted by atomic mass is 16.2. The van der Waals surface area contributed by atoms with Gasteiger partial charge in [-0.25, -0.2) is 0 Å². The van der Waals surface area contributed by atoms with Gasteiger partial charge in [-0.1, -0.05) is 0 Å². The molecular weight excluding hydrogens is 232 g/mol. The van der Waals surface area contributed by atoms with Gasteiger partial charge in [0.05, 0.1) is 12.5 Å². The molecule has 2 saturated heterocycles. The molecule has 2 N–H and O–H groups in total. The smallest absolute Gasteiger partial charge is 0.244 e. The van der Waals surface area contributed by atoms with Crippen molar-refractivity contribution in [3.05, 3.63) is 0 Å². The number of hydrogen-bond acceptors (Lipinski definition) is 5.